The van der Waals surface area contributed by atoms with E-state index in [2.05, 4.69) is 10.3 Å². The van der Waals surface area contributed by atoms with E-state index in [0.29, 0.717) is 10.7 Å². The topological polar surface area (TPSA) is 48.1 Å². The molecule has 1 aromatic heterocycles. The van der Waals surface area contributed by atoms with Gasteiger partial charge < -0.3 is 15.2 Å². The number of carbonyl (C=O) groups excluding carboxylic acids is 1. The molecular formula is C14H16ClN3O. The molecular weight excluding hydrogens is 262 g/mol. The summed E-state index contributed by atoms with van der Waals surface area (Å²) in [7, 11) is 1.85. The van der Waals surface area contributed by atoms with Crippen molar-refractivity contribution in [3.05, 3.63) is 35.0 Å². The fourth-order valence-corrected chi connectivity index (χ4v) is 2.79. The number of hydrogen-bond acceptors (Lipinski definition) is 2. The molecule has 1 aromatic carbocycles. The van der Waals surface area contributed by atoms with Gasteiger partial charge in [0, 0.05) is 25.0 Å². The number of aromatic amines is 1. The van der Waals surface area contributed by atoms with Crippen LogP contribution in [0.3, 0.4) is 0 Å². The molecule has 1 amide bonds. The Kier molecular flexibility index (Phi) is 3.21. The van der Waals surface area contributed by atoms with Crippen molar-refractivity contribution >= 4 is 28.4 Å². The first-order valence-electron chi connectivity index (χ1n) is 6.42. The quantitative estimate of drug-likeness (QED) is 0.885. The molecule has 1 unspecified atom stereocenters. The van der Waals surface area contributed by atoms with Crippen molar-refractivity contribution in [2.24, 2.45) is 0 Å². The maximum absolute atomic E-state index is 12.4. The number of para-hydroxylation sites is 1. The lowest BCUT2D eigenvalue weighted by atomic mass is 10.2. The van der Waals surface area contributed by atoms with Crippen molar-refractivity contribution in [2.45, 2.75) is 12.5 Å². The van der Waals surface area contributed by atoms with Gasteiger partial charge in [0.2, 0.25) is 0 Å². The first-order chi connectivity index (χ1) is 9.16. The highest BCUT2D eigenvalue weighted by molar-refractivity contribution is 6.35. The Morgan fingerprint density at radius 1 is 1.47 bits per heavy atom. The summed E-state index contributed by atoms with van der Waals surface area (Å²) >= 11 is 6.12. The van der Waals surface area contributed by atoms with Crippen LogP contribution in [-0.4, -0.2) is 42.0 Å². The second kappa shape index (κ2) is 4.87. The number of benzene rings is 1. The van der Waals surface area contributed by atoms with Crippen molar-refractivity contribution in [1.82, 2.24) is 15.2 Å². The monoisotopic (exact) mass is 277 g/mol. The fourth-order valence-electron chi connectivity index (χ4n) is 2.56. The van der Waals surface area contributed by atoms with Crippen molar-refractivity contribution in [2.75, 3.05) is 20.1 Å². The summed E-state index contributed by atoms with van der Waals surface area (Å²) in [6.45, 7) is 1.84. The number of likely N-dealkylation sites (N-methyl/N-ethyl adjacent to an activating group) is 1. The highest BCUT2D eigenvalue weighted by Crippen LogP contribution is 2.24. The van der Waals surface area contributed by atoms with Gasteiger partial charge in [0.25, 0.3) is 5.91 Å². The molecule has 2 N–H and O–H groups in total. The van der Waals surface area contributed by atoms with E-state index in [-0.39, 0.29) is 11.9 Å². The van der Waals surface area contributed by atoms with Gasteiger partial charge in [-0.05, 0) is 25.1 Å². The predicted octanol–water partition coefficient (Wildman–Crippen LogP) is 2.26. The summed E-state index contributed by atoms with van der Waals surface area (Å²) in [5.74, 6) is 0.0148. The van der Waals surface area contributed by atoms with Gasteiger partial charge in [-0.15, -0.1) is 0 Å². The highest BCUT2D eigenvalue weighted by atomic mass is 35.5. The lowest BCUT2D eigenvalue weighted by molar-refractivity contribution is 0.0739. The Morgan fingerprint density at radius 2 is 2.32 bits per heavy atom. The fraction of sp³-hybridized carbons (Fsp3) is 0.357. The van der Waals surface area contributed by atoms with E-state index in [1.54, 1.807) is 4.90 Å². The van der Waals surface area contributed by atoms with Crippen molar-refractivity contribution in [3.63, 3.8) is 0 Å². The number of amides is 1. The van der Waals surface area contributed by atoms with Crippen LogP contribution >= 0.6 is 11.6 Å². The molecule has 1 aliphatic rings. The molecule has 0 spiro atoms. The summed E-state index contributed by atoms with van der Waals surface area (Å²) in [5, 5.41) is 4.88. The van der Waals surface area contributed by atoms with Gasteiger partial charge in [-0.25, -0.2) is 0 Å². The average Bonchev–Trinajstić information content (AvgIpc) is 3.06. The van der Waals surface area contributed by atoms with Crippen molar-refractivity contribution < 1.29 is 4.79 Å². The minimum Gasteiger partial charge on any atom is -0.349 e. The van der Waals surface area contributed by atoms with Gasteiger partial charge in [-0.3, -0.25) is 4.79 Å². The lowest BCUT2D eigenvalue weighted by Crippen LogP contribution is -2.38. The number of nitrogens with one attached hydrogen (secondary N) is 2. The van der Waals surface area contributed by atoms with Gasteiger partial charge in [0.05, 0.1) is 10.5 Å². The number of rotatable bonds is 2. The van der Waals surface area contributed by atoms with Gasteiger partial charge in [-0.2, -0.15) is 0 Å². The molecule has 0 bridgehead atoms. The molecule has 1 aliphatic heterocycles. The van der Waals surface area contributed by atoms with Crippen molar-refractivity contribution in [1.29, 1.82) is 0 Å². The number of hydrogen-bond donors (Lipinski definition) is 2. The Labute approximate surface area is 116 Å². The summed E-state index contributed by atoms with van der Waals surface area (Å²) in [5.41, 5.74) is 1.42. The van der Waals surface area contributed by atoms with Gasteiger partial charge in [0.1, 0.15) is 5.69 Å². The summed E-state index contributed by atoms with van der Waals surface area (Å²) in [6, 6.07) is 7.79. The minimum atomic E-state index is 0.0148. The number of carbonyl (C=O) groups is 1. The van der Waals surface area contributed by atoms with E-state index in [0.717, 1.165) is 30.4 Å². The average molecular weight is 278 g/mol. The summed E-state index contributed by atoms with van der Waals surface area (Å²) in [4.78, 5) is 17.4. The van der Waals surface area contributed by atoms with Gasteiger partial charge in [0.15, 0.2) is 0 Å². The second-order valence-corrected chi connectivity index (χ2v) is 5.36. The van der Waals surface area contributed by atoms with Crippen LogP contribution in [-0.2, 0) is 0 Å². The molecule has 4 nitrogen and oxygen atoms in total. The number of fused-ring (bicyclic) bond motifs is 1. The molecule has 2 aromatic rings. The first kappa shape index (κ1) is 12.5. The third-order valence-electron chi connectivity index (χ3n) is 3.74. The van der Waals surface area contributed by atoms with Gasteiger partial charge >= 0.3 is 0 Å². The van der Waals surface area contributed by atoms with Crippen LogP contribution in [0.2, 0.25) is 5.02 Å². The Morgan fingerprint density at radius 3 is 3.00 bits per heavy atom. The molecule has 1 fully saturated rings. The zero-order valence-electron chi connectivity index (χ0n) is 10.7. The molecule has 1 atom stereocenters. The molecule has 5 heteroatoms. The van der Waals surface area contributed by atoms with E-state index < -0.39 is 0 Å². The maximum atomic E-state index is 12.4. The number of nitrogens with zero attached hydrogens (tertiary/aromatic N) is 1. The molecule has 2 heterocycles. The van der Waals surface area contributed by atoms with Crippen LogP contribution in [0.15, 0.2) is 24.3 Å². The zero-order valence-corrected chi connectivity index (χ0v) is 11.5. The molecule has 100 valence electrons. The Hall–Kier alpha value is -1.52. The Balaban J connectivity index is 1.90. The number of halogens is 1. The zero-order chi connectivity index (χ0) is 13.4. The molecule has 19 heavy (non-hydrogen) atoms. The SMILES string of the molecule is CN(C(=O)c1cc2cccc(Cl)c2[nH]1)C1CCNC1. The summed E-state index contributed by atoms with van der Waals surface area (Å²) in [6.07, 6.45) is 1.00. The van der Waals surface area contributed by atoms with E-state index in [4.69, 9.17) is 11.6 Å². The van der Waals surface area contributed by atoms with Crippen LogP contribution in [0.5, 0.6) is 0 Å². The maximum Gasteiger partial charge on any atom is 0.270 e. The highest BCUT2D eigenvalue weighted by Gasteiger charge is 2.25. The van der Waals surface area contributed by atoms with E-state index in [9.17, 15) is 4.79 Å². The van der Waals surface area contributed by atoms with Crippen LogP contribution in [0, 0.1) is 0 Å². The van der Waals surface area contributed by atoms with E-state index >= 15 is 0 Å². The third-order valence-corrected chi connectivity index (χ3v) is 4.05. The first-order valence-corrected chi connectivity index (χ1v) is 6.80. The van der Waals surface area contributed by atoms with Crippen LogP contribution < -0.4 is 5.32 Å². The lowest BCUT2D eigenvalue weighted by Gasteiger charge is -2.23. The standard InChI is InChI=1S/C14H16ClN3O/c1-18(10-5-6-16-8-10)14(19)12-7-9-3-2-4-11(15)13(9)17-12/h2-4,7,10,16-17H,5-6,8H2,1H3. The predicted molar refractivity (Wildman–Crippen MR) is 76.7 cm³/mol. The number of aromatic nitrogens is 1. The smallest absolute Gasteiger partial charge is 0.270 e. The van der Waals surface area contributed by atoms with Crippen LogP contribution in [0.4, 0.5) is 0 Å². The molecule has 0 radical (unpaired) electrons. The normalized spacial score (nSPS) is 18.9. The third kappa shape index (κ3) is 2.22. The van der Waals surface area contributed by atoms with Crippen LogP contribution in [0.25, 0.3) is 10.9 Å². The Bertz CT molecular complexity index is 616. The summed E-state index contributed by atoms with van der Waals surface area (Å²) < 4.78 is 0. The van der Waals surface area contributed by atoms with E-state index in [1.807, 2.05) is 31.3 Å². The minimum absolute atomic E-state index is 0.0148. The van der Waals surface area contributed by atoms with Gasteiger partial charge in [-0.1, -0.05) is 23.7 Å². The van der Waals surface area contributed by atoms with Crippen molar-refractivity contribution in [3.8, 4) is 0 Å². The molecule has 1 saturated heterocycles. The molecule has 0 saturated carbocycles. The number of H-pyrrole nitrogens is 1. The van der Waals surface area contributed by atoms with E-state index in [1.165, 1.54) is 0 Å². The molecule has 0 aliphatic carbocycles. The molecule has 3 rings (SSSR count). The second-order valence-electron chi connectivity index (χ2n) is 4.95. The largest absolute Gasteiger partial charge is 0.349 e. The van der Waals surface area contributed by atoms with Crippen LogP contribution in [0.1, 0.15) is 16.9 Å².